The highest BCUT2D eigenvalue weighted by Gasteiger charge is 2.37. The van der Waals surface area contributed by atoms with Gasteiger partial charge in [0.05, 0.1) is 57.5 Å². The van der Waals surface area contributed by atoms with Gasteiger partial charge in [-0.3, -0.25) is 0 Å². The molecule has 2 atom stereocenters. The summed E-state index contributed by atoms with van der Waals surface area (Å²) in [6, 6.07) is 13.1. The lowest BCUT2D eigenvalue weighted by Crippen LogP contribution is -2.48. The zero-order chi connectivity index (χ0) is 37.9. The number of fused-ring (bicyclic) bond motifs is 4. The fourth-order valence-corrected chi connectivity index (χ4v) is 6.34. The third-order valence-corrected chi connectivity index (χ3v) is 9.59. The molecule has 0 spiro atoms. The summed E-state index contributed by atoms with van der Waals surface area (Å²) in [5, 5.41) is 25.2. The molecule has 6 rings (SSSR count). The summed E-state index contributed by atoms with van der Waals surface area (Å²) >= 11 is 0. The molecule has 0 aliphatic carbocycles. The molecule has 6 aromatic rings. The van der Waals surface area contributed by atoms with Crippen molar-refractivity contribution in [3.63, 3.8) is 0 Å². The Morgan fingerprint density at radius 1 is 0.698 bits per heavy atom. The van der Waals surface area contributed by atoms with Gasteiger partial charge in [-0.2, -0.15) is 0 Å². The van der Waals surface area contributed by atoms with Gasteiger partial charge < -0.3 is 42.1 Å². The summed E-state index contributed by atoms with van der Waals surface area (Å²) in [5.41, 5.74) is 0.952. The van der Waals surface area contributed by atoms with Crippen LogP contribution in [0.15, 0.2) is 112 Å². The molecule has 0 bridgehead atoms. The molecule has 53 heavy (non-hydrogen) atoms. The van der Waals surface area contributed by atoms with Crippen molar-refractivity contribution >= 4 is 43.9 Å². The molecular formula is C42H46O11. The lowest BCUT2D eigenvalue weighted by Gasteiger charge is -2.39. The van der Waals surface area contributed by atoms with Crippen molar-refractivity contribution in [2.24, 2.45) is 0 Å². The zero-order valence-corrected chi connectivity index (χ0v) is 30.9. The van der Waals surface area contributed by atoms with E-state index >= 15 is 0 Å². The molecule has 0 amide bonds. The van der Waals surface area contributed by atoms with Crippen molar-refractivity contribution in [3.05, 3.63) is 105 Å². The van der Waals surface area contributed by atoms with E-state index in [4.69, 9.17) is 31.9 Å². The second-order valence-corrected chi connectivity index (χ2v) is 14.6. The predicted molar refractivity (Wildman–Crippen MR) is 203 cm³/mol. The van der Waals surface area contributed by atoms with E-state index < -0.39 is 34.7 Å². The van der Waals surface area contributed by atoms with Crippen LogP contribution in [0.4, 0.5) is 0 Å². The normalized spacial score (nSPS) is 14.4. The number of ether oxygens (including phenoxy) is 3. The monoisotopic (exact) mass is 726 g/mol. The summed E-state index contributed by atoms with van der Waals surface area (Å²) in [4.78, 5) is 23.6. The van der Waals surface area contributed by atoms with Crippen LogP contribution in [0.1, 0.15) is 67.2 Å². The number of hydrogen-bond donors (Lipinski definition) is 2. The van der Waals surface area contributed by atoms with E-state index in [2.05, 4.69) is 0 Å². The summed E-state index contributed by atoms with van der Waals surface area (Å²) in [6.07, 6.45) is 7.89. The largest absolute Gasteiger partial charge is 0.488 e. The van der Waals surface area contributed by atoms with Gasteiger partial charge in [0.25, 0.3) is 0 Å². The van der Waals surface area contributed by atoms with E-state index in [0.717, 1.165) is 21.9 Å². The molecule has 0 saturated heterocycles. The highest BCUT2D eigenvalue weighted by atomic mass is 16.5. The van der Waals surface area contributed by atoms with Crippen LogP contribution < -0.4 is 20.7 Å². The second-order valence-electron chi connectivity index (χ2n) is 14.6. The summed E-state index contributed by atoms with van der Waals surface area (Å²) in [5.74, 6) is 1.14. The molecule has 2 aromatic carbocycles. The molecule has 280 valence electrons. The number of allylic oxidation sites excluding steroid dienone is 2. The van der Waals surface area contributed by atoms with Crippen LogP contribution in [0, 0.1) is 0 Å². The Hall–Kier alpha value is -5.10. The lowest BCUT2D eigenvalue weighted by molar-refractivity contribution is -0.188. The van der Waals surface area contributed by atoms with E-state index in [1.807, 2.05) is 52.0 Å². The molecule has 0 aliphatic heterocycles. The Morgan fingerprint density at radius 3 is 1.62 bits per heavy atom. The minimum Gasteiger partial charge on any atom is -0.488 e. The molecule has 11 nitrogen and oxygen atoms in total. The summed E-state index contributed by atoms with van der Waals surface area (Å²) in [6.45, 7) is 11.6. The van der Waals surface area contributed by atoms with Gasteiger partial charge in [0.2, 0.25) is 0 Å². The van der Waals surface area contributed by atoms with Crippen molar-refractivity contribution in [1.82, 2.24) is 0 Å². The number of hydrogen-bond acceptors (Lipinski definition) is 11. The maximum Gasteiger partial charge on any atom is 0.336 e. The number of aliphatic hydroxyl groups excluding tert-OH is 1. The maximum atomic E-state index is 11.8. The molecule has 11 heteroatoms. The van der Waals surface area contributed by atoms with Gasteiger partial charge in [-0.05, 0) is 104 Å². The Balaban J connectivity index is 1.02. The average Bonchev–Trinajstić information content (AvgIpc) is 3.77. The van der Waals surface area contributed by atoms with E-state index in [1.54, 1.807) is 50.6 Å². The number of furan rings is 2. The van der Waals surface area contributed by atoms with Gasteiger partial charge in [0.1, 0.15) is 47.0 Å². The molecule has 0 saturated carbocycles. The highest BCUT2D eigenvalue weighted by molar-refractivity contribution is 6.02. The summed E-state index contributed by atoms with van der Waals surface area (Å²) in [7, 11) is 0. The van der Waals surface area contributed by atoms with Crippen LogP contribution >= 0.6 is 0 Å². The third kappa shape index (κ3) is 8.76. The van der Waals surface area contributed by atoms with E-state index in [9.17, 15) is 19.8 Å². The molecule has 0 unspecified atom stereocenters. The number of rotatable bonds is 16. The molecule has 4 aromatic heterocycles. The first-order valence-electron chi connectivity index (χ1n) is 17.7. The number of benzene rings is 2. The Kier molecular flexibility index (Phi) is 11.0. The minimum absolute atomic E-state index is 0.271. The van der Waals surface area contributed by atoms with Crippen LogP contribution in [0.2, 0.25) is 0 Å². The predicted octanol–water partition coefficient (Wildman–Crippen LogP) is 8.60. The zero-order valence-electron chi connectivity index (χ0n) is 30.9. The van der Waals surface area contributed by atoms with Gasteiger partial charge in [-0.25, -0.2) is 9.59 Å². The Morgan fingerprint density at radius 2 is 1.15 bits per heavy atom. The maximum absolute atomic E-state index is 11.8. The van der Waals surface area contributed by atoms with Gasteiger partial charge in [0.15, 0.2) is 0 Å². The SMILES string of the molecule is C/C(=C\COc1c2ccoc2cc2oc(=O)ccc12)CC[C@@H](O)C(C)(C)O[C@H](CC/C(C)=C/COc1c2ccoc2cc2oc(=O)ccc12)C(C)(C)O. The van der Waals surface area contributed by atoms with Crippen LogP contribution in [-0.2, 0) is 4.74 Å². The van der Waals surface area contributed by atoms with Crippen LogP contribution in [-0.4, -0.2) is 46.8 Å². The lowest BCUT2D eigenvalue weighted by atomic mass is 9.91. The van der Waals surface area contributed by atoms with Crippen LogP contribution in [0.25, 0.3) is 43.9 Å². The van der Waals surface area contributed by atoms with Crippen molar-refractivity contribution < 1.29 is 42.1 Å². The first-order chi connectivity index (χ1) is 25.2. The van der Waals surface area contributed by atoms with E-state index in [1.165, 1.54) is 12.1 Å². The van der Waals surface area contributed by atoms with Crippen molar-refractivity contribution in [2.75, 3.05) is 13.2 Å². The van der Waals surface area contributed by atoms with Gasteiger partial charge in [-0.15, -0.1) is 0 Å². The average molecular weight is 727 g/mol. The van der Waals surface area contributed by atoms with E-state index in [-0.39, 0.29) is 13.2 Å². The minimum atomic E-state index is -1.16. The standard InChI is InChI=1S/C42H46O11/c1-25(15-19-49-39-27-9-13-37(44)51-33(27)23-31-29(39)17-21-47-31)7-11-35(43)42(5,6)53-36(41(3,4)46)12-8-26(2)16-20-50-40-28-10-14-38(45)52-34(28)24-32-30(40)18-22-48-32/h9-10,13-18,21-24,35-36,43,46H,7-8,11-12,19-20H2,1-6H3/b25-15+,26-16+/t35-,36-/m1/s1. The van der Waals surface area contributed by atoms with Crippen molar-refractivity contribution in [3.8, 4) is 11.5 Å². The van der Waals surface area contributed by atoms with E-state index in [0.29, 0.717) is 70.3 Å². The molecule has 0 fully saturated rings. The van der Waals surface area contributed by atoms with Crippen LogP contribution in [0.5, 0.6) is 11.5 Å². The quantitative estimate of drug-likeness (QED) is 0.0728. The van der Waals surface area contributed by atoms with Crippen LogP contribution in [0.3, 0.4) is 0 Å². The molecule has 2 N–H and O–H groups in total. The van der Waals surface area contributed by atoms with Gasteiger partial charge in [-0.1, -0.05) is 11.1 Å². The summed E-state index contributed by atoms with van der Waals surface area (Å²) < 4.78 is 40.5. The van der Waals surface area contributed by atoms with Crippen molar-refractivity contribution in [1.29, 1.82) is 0 Å². The highest BCUT2D eigenvalue weighted by Crippen LogP contribution is 2.37. The second kappa shape index (κ2) is 15.5. The van der Waals surface area contributed by atoms with Gasteiger partial charge >= 0.3 is 11.3 Å². The van der Waals surface area contributed by atoms with Gasteiger partial charge in [0, 0.05) is 24.3 Å². The Bertz CT molecular complexity index is 2390. The fourth-order valence-electron chi connectivity index (χ4n) is 6.34. The molecule has 0 aliphatic rings. The first kappa shape index (κ1) is 37.7. The topological polar surface area (TPSA) is 155 Å². The smallest absolute Gasteiger partial charge is 0.336 e. The Labute approximate surface area is 306 Å². The number of aliphatic hydroxyl groups is 2. The molecular weight excluding hydrogens is 680 g/mol. The third-order valence-electron chi connectivity index (χ3n) is 9.59. The fraction of sp³-hybridized carbons (Fsp3) is 0.381. The van der Waals surface area contributed by atoms with Crippen molar-refractivity contribution in [2.45, 2.75) is 90.6 Å². The molecule has 0 radical (unpaired) electrons. The molecule has 4 heterocycles. The first-order valence-corrected chi connectivity index (χ1v) is 17.7.